The van der Waals surface area contributed by atoms with Gasteiger partial charge in [0.2, 0.25) is 5.91 Å². The lowest BCUT2D eigenvalue weighted by atomic mass is 9.84. The van der Waals surface area contributed by atoms with Gasteiger partial charge in [0.25, 0.3) is 0 Å². The first kappa shape index (κ1) is 17.0. The molecule has 0 radical (unpaired) electrons. The Kier molecular flexibility index (Phi) is 6.50. The van der Waals surface area contributed by atoms with Gasteiger partial charge in [-0.3, -0.25) is 9.59 Å². The van der Waals surface area contributed by atoms with Crippen LogP contribution in [0.3, 0.4) is 0 Å². The maximum atomic E-state index is 12.0. The third-order valence-electron chi connectivity index (χ3n) is 4.26. The molecule has 0 aromatic carbocycles. The van der Waals surface area contributed by atoms with Crippen LogP contribution in [0, 0.1) is 11.3 Å². The zero-order valence-corrected chi connectivity index (χ0v) is 13.1. The minimum absolute atomic E-state index is 0.00301. The highest BCUT2D eigenvalue weighted by Gasteiger charge is 2.28. The minimum atomic E-state index is -0.863. The summed E-state index contributed by atoms with van der Waals surface area (Å²) in [6, 6.07) is -0.307. The quantitative estimate of drug-likeness (QED) is 0.785. The predicted octanol–water partition coefficient (Wildman–Crippen LogP) is 3.35. The molecular formula is C16H29NO3. The van der Waals surface area contributed by atoms with E-state index >= 15 is 0 Å². The Morgan fingerprint density at radius 3 is 2.30 bits per heavy atom. The summed E-state index contributed by atoms with van der Waals surface area (Å²) >= 11 is 0. The van der Waals surface area contributed by atoms with Crippen LogP contribution in [0.4, 0.5) is 0 Å². The number of carboxylic acid groups (broad SMARTS) is 1. The van der Waals surface area contributed by atoms with Gasteiger partial charge in [-0.25, -0.2) is 0 Å². The fourth-order valence-corrected chi connectivity index (χ4v) is 2.83. The van der Waals surface area contributed by atoms with E-state index < -0.39 is 5.97 Å². The molecule has 0 aliphatic heterocycles. The van der Waals surface area contributed by atoms with E-state index in [9.17, 15) is 9.59 Å². The lowest BCUT2D eigenvalue weighted by Gasteiger charge is -2.30. The van der Waals surface area contributed by atoms with E-state index in [1.54, 1.807) is 0 Å². The molecule has 0 aromatic rings. The molecule has 1 atom stereocenters. The Morgan fingerprint density at radius 1 is 1.20 bits per heavy atom. The smallest absolute Gasteiger partial charge is 0.305 e. The second-order valence-electron chi connectivity index (χ2n) is 7.13. The van der Waals surface area contributed by atoms with Crippen LogP contribution < -0.4 is 5.32 Å². The first-order chi connectivity index (χ1) is 9.29. The van der Waals surface area contributed by atoms with E-state index in [2.05, 4.69) is 5.32 Å². The maximum absolute atomic E-state index is 12.0. The molecule has 0 bridgehead atoms. The lowest BCUT2D eigenvalue weighted by Crippen LogP contribution is -2.45. The average molecular weight is 283 g/mol. The van der Waals surface area contributed by atoms with Crippen molar-refractivity contribution in [2.75, 3.05) is 0 Å². The standard InChI is InChI=1S/C16H29NO3/c1-16(2,3)13(11-15(19)20)17-14(18)10-9-12-7-5-4-6-8-12/h12-13H,4-11H2,1-3H3,(H,17,18)(H,19,20). The van der Waals surface area contributed by atoms with Gasteiger partial charge in [-0.1, -0.05) is 52.9 Å². The van der Waals surface area contributed by atoms with Crippen LogP contribution in [0.25, 0.3) is 0 Å². The van der Waals surface area contributed by atoms with Gasteiger partial charge in [0, 0.05) is 12.5 Å². The van der Waals surface area contributed by atoms with Gasteiger partial charge >= 0.3 is 5.97 Å². The Bertz CT molecular complexity index is 327. The van der Waals surface area contributed by atoms with Gasteiger partial charge < -0.3 is 10.4 Å². The van der Waals surface area contributed by atoms with Gasteiger partial charge in [-0.05, 0) is 17.8 Å². The van der Waals surface area contributed by atoms with Crippen LogP contribution in [-0.2, 0) is 9.59 Å². The molecule has 1 saturated carbocycles. The van der Waals surface area contributed by atoms with Crippen LogP contribution >= 0.6 is 0 Å². The van der Waals surface area contributed by atoms with Crippen molar-refractivity contribution in [2.24, 2.45) is 11.3 Å². The van der Waals surface area contributed by atoms with Crippen LogP contribution in [0.1, 0.15) is 72.1 Å². The zero-order valence-electron chi connectivity index (χ0n) is 13.1. The van der Waals surface area contributed by atoms with Crippen LogP contribution in [0.2, 0.25) is 0 Å². The molecule has 116 valence electrons. The molecule has 4 nitrogen and oxygen atoms in total. The van der Waals surface area contributed by atoms with Crippen molar-refractivity contribution in [3.05, 3.63) is 0 Å². The van der Waals surface area contributed by atoms with Crippen molar-refractivity contribution in [3.8, 4) is 0 Å². The number of hydrogen-bond donors (Lipinski definition) is 2. The summed E-state index contributed by atoms with van der Waals surface area (Å²) in [4.78, 5) is 22.9. The van der Waals surface area contributed by atoms with Crippen molar-refractivity contribution < 1.29 is 14.7 Å². The molecule has 1 unspecified atom stereocenters. The van der Waals surface area contributed by atoms with Crippen molar-refractivity contribution in [1.29, 1.82) is 0 Å². The van der Waals surface area contributed by atoms with E-state index in [1.807, 2.05) is 20.8 Å². The average Bonchev–Trinajstić information content (AvgIpc) is 2.35. The van der Waals surface area contributed by atoms with Crippen molar-refractivity contribution in [1.82, 2.24) is 5.32 Å². The van der Waals surface area contributed by atoms with Gasteiger partial charge in [0.05, 0.1) is 6.42 Å². The molecule has 0 saturated heterocycles. The second kappa shape index (κ2) is 7.65. The summed E-state index contributed by atoms with van der Waals surface area (Å²) in [5.41, 5.74) is -0.237. The van der Waals surface area contributed by atoms with E-state index in [0.717, 1.165) is 6.42 Å². The van der Waals surface area contributed by atoms with Crippen molar-refractivity contribution in [2.45, 2.75) is 78.2 Å². The van der Waals surface area contributed by atoms with Crippen LogP contribution in [0.5, 0.6) is 0 Å². The third kappa shape index (κ3) is 6.40. The number of carboxylic acids is 1. The lowest BCUT2D eigenvalue weighted by molar-refractivity contribution is -0.138. The molecule has 0 heterocycles. The van der Waals surface area contributed by atoms with Gasteiger partial charge in [-0.2, -0.15) is 0 Å². The second-order valence-corrected chi connectivity index (χ2v) is 7.13. The SMILES string of the molecule is CC(C)(C)C(CC(=O)O)NC(=O)CCC1CCCCC1. The van der Waals surface area contributed by atoms with Crippen LogP contribution in [-0.4, -0.2) is 23.0 Å². The zero-order chi connectivity index (χ0) is 15.2. The van der Waals surface area contributed by atoms with Crippen molar-refractivity contribution in [3.63, 3.8) is 0 Å². The molecule has 1 aliphatic carbocycles. The molecule has 1 amide bonds. The number of amides is 1. The van der Waals surface area contributed by atoms with Gasteiger partial charge in [-0.15, -0.1) is 0 Å². The first-order valence-corrected chi connectivity index (χ1v) is 7.80. The highest BCUT2D eigenvalue weighted by atomic mass is 16.4. The van der Waals surface area contributed by atoms with Crippen LogP contribution in [0.15, 0.2) is 0 Å². The number of carbonyl (C=O) groups is 2. The first-order valence-electron chi connectivity index (χ1n) is 7.80. The highest BCUT2D eigenvalue weighted by Crippen LogP contribution is 2.27. The van der Waals surface area contributed by atoms with E-state index in [1.165, 1.54) is 32.1 Å². The monoisotopic (exact) mass is 283 g/mol. The summed E-state index contributed by atoms with van der Waals surface area (Å²) in [5.74, 6) is -0.184. The van der Waals surface area contributed by atoms with Gasteiger partial charge in [0.15, 0.2) is 0 Å². The molecule has 20 heavy (non-hydrogen) atoms. The summed E-state index contributed by atoms with van der Waals surface area (Å²) in [7, 11) is 0. The number of rotatable bonds is 6. The topological polar surface area (TPSA) is 66.4 Å². The molecule has 0 spiro atoms. The number of carbonyl (C=O) groups excluding carboxylic acids is 1. The molecule has 4 heteroatoms. The molecule has 1 aliphatic rings. The summed E-state index contributed by atoms with van der Waals surface area (Å²) in [6.45, 7) is 5.88. The van der Waals surface area contributed by atoms with E-state index in [0.29, 0.717) is 12.3 Å². The van der Waals surface area contributed by atoms with E-state index in [4.69, 9.17) is 5.11 Å². The highest BCUT2D eigenvalue weighted by molar-refractivity contribution is 5.77. The normalized spacial score (nSPS) is 18.6. The number of nitrogens with one attached hydrogen (secondary N) is 1. The number of aliphatic carboxylic acids is 1. The Labute approximate surface area is 122 Å². The molecule has 1 fully saturated rings. The molecule has 0 aromatic heterocycles. The maximum Gasteiger partial charge on any atom is 0.305 e. The third-order valence-corrected chi connectivity index (χ3v) is 4.26. The molecular weight excluding hydrogens is 254 g/mol. The summed E-state index contributed by atoms with van der Waals surface area (Å²) in [5, 5.41) is 11.9. The Morgan fingerprint density at radius 2 is 1.80 bits per heavy atom. The fourth-order valence-electron chi connectivity index (χ4n) is 2.83. The molecule has 1 rings (SSSR count). The fraction of sp³-hybridized carbons (Fsp3) is 0.875. The summed E-state index contributed by atoms with van der Waals surface area (Å²) in [6.07, 6.45) is 7.83. The Balaban J connectivity index is 2.39. The molecule has 2 N–H and O–H groups in total. The Hall–Kier alpha value is -1.06. The minimum Gasteiger partial charge on any atom is -0.481 e. The van der Waals surface area contributed by atoms with E-state index in [-0.39, 0.29) is 23.8 Å². The number of hydrogen-bond acceptors (Lipinski definition) is 2. The largest absolute Gasteiger partial charge is 0.481 e. The van der Waals surface area contributed by atoms with Gasteiger partial charge in [0.1, 0.15) is 0 Å². The van der Waals surface area contributed by atoms with Crippen molar-refractivity contribution >= 4 is 11.9 Å². The summed E-state index contributed by atoms with van der Waals surface area (Å²) < 4.78 is 0. The predicted molar refractivity (Wildman–Crippen MR) is 79.4 cm³/mol.